The lowest BCUT2D eigenvalue weighted by molar-refractivity contribution is -0.384. The number of nitrogens with one attached hydrogen (secondary N) is 3. The Labute approximate surface area is 431 Å². The van der Waals surface area contributed by atoms with Gasteiger partial charge >= 0.3 is 0 Å². The molecule has 19 heteroatoms. The number of nitro groups is 1. The van der Waals surface area contributed by atoms with E-state index >= 15 is 0 Å². The first kappa shape index (κ1) is 48.8. The van der Waals surface area contributed by atoms with Gasteiger partial charge in [-0.05, 0) is 146 Å². The van der Waals surface area contributed by atoms with Crippen LogP contribution in [0, 0.1) is 21.4 Å². The lowest BCUT2D eigenvalue weighted by Crippen LogP contribution is -2.55. The largest absolute Gasteiger partial charge is 0.491 e. The molecule has 2 saturated carbocycles. The second kappa shape index (κ2) is 18.9. The standard InChI is InChI=1S/C55H66N8O10S/c1-33(2)72-47-9-5-4-7-40(47)42-8-6-20-61(42)38-28-55(29-38)17-21-60(22-18-55)37-10-11-41(43(25-37)62-45-24-35-14-19-56-51(35)58-53(45)73-49-32-70-31-46(49)62)52(64)59-74(68,69)39-26-44(63(66)67)50-48(27-39)71-30-36(57-50)23-34-12-15-54(3,65)16-13-34/h4-5,7,9-11,14,19,24-27,33-34,36,38,42,46,49,57,65H,6,8,12-13,15-18,20-23,28-32H2,1-3H3,(H,56,58)(H,59,64)/t34?,36-,42+,46-,49-,54?/m1/s1. The number of carbonyl (C=O) groups excluding carboxylic acids is 1. The van der Waals surface area contributed by atoms with Crippen molar-refractivity contribution in [3.63, 3.8) is 0 Å². The van der Waals surface area contributed by atoms with Gasteiger partial charge in [0.1, 0.15) is 29.8 Å². The fraction of sp³-hybridized carbons (Fsp3) is 0.527. The zero-order valence-electron chi connectivity index (χ0n) is 42.3. The number of ether oxygens (including phenoxy) is 4. The summed E-state index contributed by atoms with van der Waals surface area (Å²) in [7, 11) is -4.71. The number of para-hydroxylation sites is 1. The van der Waals surface area contributed by atoms with Crippen LogP contribution in [0.15, 0.2) is 77.8 Å². The van der Waals surface area contributed by atoms with Gasteiger partial charge in [-0.1, -0.05) is 18.2 Å². The van der Waals surface area contributed by atoms with Gasteiger partial charge in [-0.15, -0.1) is 0 Å². The number of sulfonamides is 1. The summed E-state index contributed by atoms with van der Waals surface area (Å²) in [4.78, 5) is 41.3. The Bertz CT molecular complexity index is 3080. The number of rotatable bonds is 12. The number of benzene rings is 3. The number of likely N-dealkylation sites (tertiary alicyclic amines) is 1. The summed E-state index contributed by atoms with van der Waals surface area (Å²) >= 11 is 0. The Balaban J connectivity index is 0.809. The molecular weight excluding hydrogens is 965 g/mol. The van der Waals surface area contributed by atoms with Crippen LogP contribution in [-0.2, 0) is 14.8 Å². The van der Waals surface area contributed by atoms with Crippen molar-refractivity contribution in [1.82, 2.24) is 19.6 Å². The second-order valence-electron chi connectivity index (χ2n) is 22.5. The van der Waals surface area contributed by atoms with Gasteiger partial charge in [0.25, 0.3) is 21.6 Å². The van der Waals surface area contributed by atoms with E-state index in [9.17, 15) is 28.4 Å². The summed E-state index contributed by atoms with van der Waals surface area (Å²) in [5, 5.41) is 27.1. The fourth-order valence-electron chi connectivity index (χ4n) is 13.2. The molecule has 392 valence electrons. The number of aliphatic hydroxyl groups is 1. The maximum atomic E-state index is 14.8. The van der Waals surface area contributed by atoms with Gasteiger partial charge in [-0.25, -0.2) is 13.1 Å². The quantitative estimate of drug-likeness (QED) is 0.0679. The van der Waals surface area contributed by atoms with Crippen LogP contribution in [-0.4, -0.2) is 115 Å². The molecule has 4 atom stereocenters. The van der Waals surface area contributed by atoms with E-state index in [0.717, 1.165) is 87.5 Å². The maximum Gasteiger partial charge on any atom is 0.297 e. The summed E-state index contributed by atoms with van der Waals surface area (Å²) in [6.45, 7) is 9.48. The van der Waals surface area contributed by atoms with Crippen LogP contribution in [0.5, 0.6) is 17.4 Å². The first-order chi connectivity index (χ1) is 35.6. The van der Waals surface area contributed by atoms with E-state index in [1.807, 2.05) is 36.1 Å². The molecule has 2 aliphatic carbocycles. The molecule has 1 amide bonds. The van der Waals surface area contributed by atoms with Crippen LogP contribution in [0.3, 0.4) is 0 Å². The minimum atomic E-state index is -4.71. The SMILES string of the molecule is CC(C)Oc1ccccc1[C@@H]1CCCN1C1CC2(CCN(c3ccc(C(=O)NS(=O)(=O)c4cc5c(c([N+](=O)[O-])c4)N[C@H](CC4CCC(C)(O)CC4)CO5)c(N4c5cc6cc[nH]c6nc5O[C@@H]5COC[C@H]54)c3)CC2)C1. The van der Waals surface area contributed by atoms with E-state index in [1.165, 1.54) is 18.1 Å². The topological polar surface area (TPSA) is 214 Å². The fourth-order valence-corrected chi connectivity index (χ4v) is 14.2. The van der Waals surface area contributed by atoms with Gasteiger partial charge in [-0.3, -0.25) is 19.8 Å². The van der Waals surface area contributed by atoms with Crippen LogP contribution in [0.4, 0.5) is 28.4 Å². The van der Waals surface area contributed by atoms with Crippen LogP contribution in [0.1, 0.15) is 113 Å². The molecule has 5 aliphatic heterocycles. The minimum Gasteiger partial charge on any atom is -0.491 e. The third kappa shape index (κ3) is 9.16. The van der Waals surface area contributed by atoms with Crippen molar-refractivity contribution in [2.24, 2.45) is 11.3 Å². The number of pyridine rings is 1. The van der Waals surface area contributed by atoms with Crippen molar-refractivity contribution in [1.29, 1.82) is 0 Å². The molecule has 0 bridgehead atoms. The molecule has 18 nitrogen and oxygen atoms in total. The number of nitro benzene ring substituents is 1. The molecule has 74 heavy (non-hydrogen) atoms. The average Bonchev–Trinajstić information content (AvgIpc) is 4.17. The smallest absolute Gasteiger partial charge is 0.297 e. The van der Waals surface area contributed by atoms with Gasteiger partial charge < -0.3 is 44.2 Å². The molecule has 7 heterocycles. The Hall–Kier alpha value is -6.15. The molecule has 0 unspecified atom stereocenters. The first-order valence-corrected chi connectivity index (χ1v) is 28.0. The summed E-state index contributed by atoms with van der Waals surface area (Å²) in [6, 6.07) is 20.4. The second-order valence-corrected chi connectivity index (χ2v) is 24.2. The van der Waals surface area contributed by atoms with E-state index in [4.69, 9.17) is 23.9 Å². The van der Waals surface area contributed by atoms with Crippen molar-refractivity contribution < 1.29 is 42.2 Å². The molecule has 5 aromatic rings. The van der Waals surface area contributed by atoms with Crippen molar-refractivity contribution in [2.75, 3.05) is 54.6 Å². The minimum absolute atomic E-state index is 0.0135. The van der Waals surface area contributed by atoms with Crippen LogP contribution < -0.4 is 34.0 Å². The zero-order valence-corrected chi connectivity index (χ0v) is 43.1. The molecule has 2 aromatic heterocycles. The monoisotopic (exact) mass is 1030 g/mol. The van der Waals surface area contributed by atoms with E-state index < -0.39 is 43.1 Å². The first-order valence-electron chi connectivity index (χ1n) is 26.5. The molecule has 0 radical (unpaired) electrons. The maximum absolute atomic E-state index is 14.8. The van der Waals surface area contributed by atoms with Crippen LogP contribution in [0.2, 0.25) is 0 Å². The molecule has 3 aromatic carbocycles. The molecule has 7 aliphatic rings. The number of hydrogen-bond acceptors (Lipinski definition) is 15. The van der Waals surface area contributed by atoms with Gasteiger partial charge in [0, 0.05) is 60.1 Å². The number of aromatic nitrogens is 2. The Morgan fingerprint density at radius 1 is 0.986 bits per heavy atom. The number of aromatic amines is 1. The number of fused-ring (bicyclic) bond motifs is 4. The van der Waals surface area contributed by atoms with Gasteiger partial charge in [0.05, 0.1) is 58.1 Å². The van der Waals surface area contributed by atoms with Crippen molar-refractivity contribution in [2.45, 2.75) is 138 Å². The predicted molar refractivity (Wildman–Crippen MR) is 279 cm³/mol. The van der Waals surface area contributed by atoms with E-state index in [2.05, 4.69) is 62.9 Å². The highest BCUT2D eigenvalue weighted by Crippen LogP contribution is 2.55. The van der Waals surface area contributed by atoms with Gasteiger partial charge in [0.15, 0.2) is 11.4 Å². The van der Waals surface area contributed by atoms with Crippen molar-refractivity contribution >= 4 is 55.4 Å². The van der Waals surface area contributed by atoms with E-state index in [-0.39, 0.29) is 53.8 Å². The molecule has 12 rings (SSSR count). The summed E-state index contributed by atoms with van der Waals surface area (Å²) in [5.41, 5.74) is 3.15. The Morgan fingerprint density at radius 3 is 2.57 bits per heavy atom. The number of amides is 1. The molecule has 4 N–H and O–H groups in total. The molecule has 1 spiro atoms. The number of piperidine rings is 1. The van der Waals surface area contributed by atoms with Crippen LogP contribution >= 0.6 is 0 Å². The third-order valence-corrected chi connectivity index (χ3v) is 18.4. The van der Waals surface area contributed by atoms with E-state index in [1.54, 1.807) is 12.3 Å². The number of carbonyl (C=O) groups is 1. The summed E-state index contributed by atoms with van der Waals surface area (Å²) < 4.78 is 55.8. The number of hydrogen-bond donors (Lipinski definition) is 4. The van der Waals surface area contributed by atoms with Crippen molar-refractivity contribution in [3.05, 3.63) is 94.2 Å². The summed E-state index contributed by atoms with van der Waals surface area (Å²) in [6.07, 6.45) is 11.8. The van der Waals surface area contributed by atoms with Gasteiger partial charge in [0.2, 0.25) is 5.88 Å². The zero-order chi connectivity index (χ0) is 51.1. The van der Waals surface area contributed by atoms with Crippen molar-refractivity contribution in [3.8, 4) is 17.4 Å². The Kier molecular flexibility index (Phi) is 12.5. The molecule has 3 saturated heterocycles. The Morgan fingerprint density at radius 2 is 1.78 bits per heavy atom. The molecule has 5 fully saturated rings. The lowest BCUT2D eigenvalue weighted by atomic mass is 9.60. The molecular formula is C55H66N8O10S. The highest BCUT2D eigenvalue weighted by atomic mass is 32.2. The number of H-pyrrole nitrogens is 1. The predicted octanol–water partition coefficient (Wildman–Crippen LogP) is 8.77. The average molecular weight is 1030 g/mol. The number of anilines is 4. The number of nitrogens with zero attached hydrogens (tertiary/aromatic N) is 5. The highest BCUT2D eigenvalue weighted by molar-refractivity contribution is 7.90. The third-order valence-electron chi connectivity index (χ3n) is 17.1. The normalized spacial score (nSPS) is 26.6. The van der Waals surface area contributed by atoms with Gasteiger partial charge in [-0.2, -0.15) is 4.98 Å². The lowest BCUT2D eigenvalue weighted by Gasteiger charge is -2.56. The van der Waals surface area contributed by atoms with Crippen LogP contribution in [0.25, 0.3) is 11.0 Å². The highest BCUT2D eigenvalue weighted by Gasteiger charge is 2.51. The van der Waals surface area contributed by atoms with E-state index in [0.29, 0.717) is 66.8 Å². The summed E-state index contributed by atoms with van der Waals surface area (Å²) in [5.74, 6) is 0.752.